The molecule has 1 saturated heterocycles. The largest absolute Gasteiger partial charge is 0.336 e. The number of carbonyl (C=O) groups excluding carboxylic acids is 1. The summed E-state index contributed by atoms with van der Waals surface area (Å²) < 4.78 is 0. The second kappa shape index (κ2) is 6.30. The Morgan fingerprint density at radius 2 is 2.10 bits per heavy atom. The van der Waals surface area contributed by atoms with E-state index < -0.39 is 0 Å². The zero-order valence-corrected chi connectivity index (χ0v) is 12.8. The monoisotopic (exact) mass is 302 g/mol. The van der Waals surface area contributed by atoms with Crippen LogP contribution in [-0.4, -0.2) is 44.6 Å². The summed E-state index contributed by atoms with van der Waals surface area (Å²) in [7, 11) is 0. The van der Waals surface area contributed by atoms with Gasteiger partial charge in [0.25, 0.3) is 5.91 Å². The maximum Gasteiger partial charge on any atom is 0.255 e. The van der Waals surface area contributed by atoms with E-state index in [0.29, 0.717) is 6.54 Å². The number of amides is 1. The van der Waals surface area contributed by atoms with Crippen molar-refractivity contribution < 1.29 is 4.79 Å². The Bertz CT molecular complexity index is 614. The molecule has 1 amide bonds. The van der Waals surface area contributed by atoms with E-state index in [2.05, 4.69) is 17.1 Å². The number of hydrogen-bond donors (Lipinski definition) is 0. The fourth-order valence-corrected chi connectivity index (χ4v) is 3.42. The van der Waals surface area contributed by atoms with Crippen LogP contribution in [-0.2, 0) is 0 Å². The Kier molecular flexibility index (Phi) is 4.24. The summed E-state index contributed by atoms with van der Waals surface area (Å²) in [5.74, 6) is 1.07. The normalized spacial score (nSPS) is 18.1. The Morgan fingerprint density at radius 1 is 1.33 bits per heavy atom. The molecule has 3 rings (SSSR count). The molecule has 2 heterocycles. The van der Waals surface area contributed by atoms with Crippen LogP contribution in [0.2, 0.25) is 0 Å². The Labute approximate surface area is 128 Å². The summed E-state index contributed by atoms with van der Waals surface area (Å²) in [6.45, 7) is 3.54. The lowest BCUT2D eigenvalue weighted by atomic mass is 10.2. The van der Waals surface area contributed by atoms with E-state index in [1.54, 1.807) is 29.0 Å². The standard InChI is InChI=1S/C15H18N4OS/c1-2-21-14-6-4-3-5-13(14)15(20)18-10-7-12(11-18)19-16-8-9-17-19/h3-6,8-9,12H,2,7,10-11H2,1H3. The van der Waals surface area contributed by atoms with Crippen molar-refractivity contribution in [2.45, 2.75) is 24.3 Å². The molecule has 0 spiro atoms. The lowest BCUT2D eigenvalue weighted by Crippen LogP contribution is -2.29. The fourth-order valence-electron chi connectivity index (χ4n) is 2.62. The molecule has 0 N–H and O–H groups in total. The van der Waals surface area contributed by atoms with Gasteiger partial charge in [-0.3, -0.25) is 4.79 Å². The van der Waals surface area contributed by atoms with Crippen LogP contribution in [0.3, 0.4) is 0 Å². The Hall–Kier alpha value is -1.82. The molecule has 110 valence electrons. The number of hydrogen-bond acceptors (Lipinski definition) is 4. The molecule has 0 bridgehead atoms. The quantitative estimate of drug-likeness (QED) is 0.814. The van der Waals surface area contributed by atoms with Crippen molar-refractivity contribution in [1.82, 2.24) is 19.9 Å². The summed E-state index contributed by atoms with van der Waals surface area (Å²) in [6, 6.07) is 8.03. The molecule has 0 radical (unpaired) electrons. The molecule has 1 aromatic heterocycles. The fraction of sp³-hybridized carbons (Fsp3) is 0.400. The van der Waals surface area contributed by atoms with Gasteiger partial charge < -0.3 is 4.90 Å². The molecule has 2 aromatic rings. The predicted octanol–water partition coefficient (Wildman–Crippen LogP) is 2.48. The van der Waals surface area contributed by atoms with Crippen molar-refractivity contribution in [2.24, 2.45) is 0 Å². The van der Waals surface area contributed by atoms with Crippen molar-refractivity contribution in [1.29, 1.82) is 0 Å². The minimum absolute atomic E-state index is 0.112. The Balaban J connectivity index is 1.75. The summed E-state index contributed by atoms with van der Waals surface area (Å²) in [6.07, 6.45) is 4.26. The minimum atomic E-state index is 0.112. The SMILES string of the molecule is CCSc1ccccc1C(=O)N1CCC(n2nccn2)C1. The topological polar surface area (TPSA) is 51.0 Å². The van der Waals surface area contributed by atoms with Gasteiger partial charge in [-0.1, -0.05) is 19.1 Å². The zero-order valence-electron chi connectivity index (χ0n) is 12.0. The number of likely N-dealkylation sites (tertiary alicyclic amines) is 1. The number of nitrogens with zero attached hydrogens (tertiary/aromatic N) is 4. The molecule has 21 heavy (non-hydrogen) atoms. The van der Waals surface area contributed by atoms with Crippen molar-refractivity contribution in [3.8, 4) is 0 Å². The van der Waals surface area contributed by atoms with Gasteiger partial charge in [0.05, 0.1) is 24.0 Å². The maximum absolute atomic E-state index is 12.7. The van der Waals surface area contributed by atoms with Crippen LogP contribution < -0.4 is 0 Å². The number of aromatic nitrogens is 3. The Morgan fingerprint density at radius 3 is 2.86 bits per heavy atom. The van der Waals surface area contributed by atoms with Crippen LogP contribution >= 0.6 is 11.8 Å². The van der Waals surface area contributed by atoms with Gasteiger partial charge in [-0.25, -0.2) is 0 Å². The van der Waals surface area contributed by atoms with Crippen LogP contribution in [0.4, 0.5) is 0 Å². The van der Waals surface area contributed by atoms with Crippen LogP contribution in [0.5, 0.6) is 0 Å². The lowest BCUT2D eigenvalue weighted by molar-refractivity contribution is 0.0783. The molecule has 1 aromatic carbocycles. The number of rotatable bonds is 4. The van der Waals surface area contributed by atoms with Gasteiger partial charge >= 0.3 is 0 Å². The molecule has 1 unspecified atom stereocenters. The van der Waals surface area contributed by atoms with Crippen molar-refractivity contribution in [3.05, 3.63) is 42.2 Å². The molecule has 1 aliphatic heterocycles. The second-order valence-corrected chi connectivity index (χ2v) is 6.28. The minimum Gasteiger partial charge on any atom is -0.336 e. The average molecular weight is 302 g/mol. The summed E-state index contributed by atoms with van der Waals surface area (Å²) in [5.41, 5.74) is 0.804. The first-order valence-corrected chi connectivity index (χ1v) is 8.15. The molecule has 6 heteroatoms. The molecule has 1 atom stereocenters. The highest BCUT2D eigenvalue weighted by Gasteiger charge is 2.29. The van der Waals surface area contributed by atoms with Gasteiger partial charge in [-0.05, 0) is 24.3 Å². The van der Waals surface area contributed by atoms with Crippen molar-refractivity contribution in [3.63, 3.8) is 0 Å². The third-order valence-corrected chi connectivity index (χ3v) is 4.59. The number of benzene rings is 1. The lowest BCUT2D eigenvalue weighted by Gasteiger charge is -2.18. The van der Waals surface area contributed by atoms with Gasteiger partial charge in [0, 0.05) is 18.0 Å². The van der Waals surface area contributed by atoms with Crippen molar-refractivity contribution >= 4 is 17.7 Å². The van der Waals surface area contributed by atoms with Gasteiger partial charge in [0.15, 0.2) is 0 Å². The highest BCUT2D eigenvalue weighted by Crippen LogP contribution is 2.27. The molecule has 0 aliphatic carbocycles. The van der Waals surface area contributed by atoms with Gasteiger partial charge in [-0.15, -0.1) is 11.8 Å². The first-order valence-electron chi connectivity index (χ1n) is 7.16. The summed E-state index contributed by atoms with van der Waals surface area (Å²) in [4.78, 5) is 17.4. The summed E-state index contributed by atoms with van der Waals surface area (Å²) in [5, 5.41) is 8.35. The number of carbonyl (C=O) groups is 1. The van der Waals surface area contributed by atoms with Crippen molar-refractivity contribution in [2.75, 3.05) is 18.8 Å². The highest BCUT2D eigenvalue weighted by atomic mass is 32.2. The smallest absolute Gasteiger partial charge is 0.255 e. The third-order valence-electron chi connectivity index (χ3n) is 3.63. The predicted molar refractivity (Wildman–Crippen MR) is 82.4 cm³/mol. The maximum atomic E-state index is 12.7. The van der Waals surface area contributed by atoms with E-state index in [9.17, 15) is 4.79 Å². The zero-order chi connectivity index (χ0) is 14.7. The summed E-state index contributed by atoms with van der Waals surface area (Å²) >= 11 is 1.71. The first kappa shape index (κ1) is 14.1. The van der Waals surface area contributed by atoms with Gasteiger partial charge in [-0.2, -0.15) is 15.0 Å². The van der Waals surface area contributed by atoms with Crippen LogP contribution in [0.1, 0.15) is 29.7 Å². The first-order chi connectivity index (χ1) is 10.3. The van der Waals surface area contributed by atoms with E-state index in [0.717, 1.165) is 29.2 Å². The van der Waals surface area contributed by atoms with E-state index >= 15 is 0 Å². The van der Waals surface area contributed by atoms with Crippen LogP contribution in [0.15, 0.2) is 41.6 Å². The van der Waals surface area contributed by atoms with Gasteiger partial charge in [0.1, 0.15) is 0 Å². The average Bonchev–Trinajstić information content (AvgIpc) is 3.18. The van der Waals surface area contributed by atoms with E-state index in [4.69, 9.17) is 0 Å². The van der Waals surface area contributed by atoms with Crippen LogP contribution in [0.25, 0.3) is 0 Å². The molecule has 5 nitrogen and oxygen atoms in total. The van der Waals surface area contributed by atoms with E-state index in [-0.39, 0.29) is 11.9 Å². The molecular formula is C15H18N4OS. The highest BCUT2D eigenvalue weighted by molar-refractivity contribution is 7.99. The second-order valence-electron chi connectivity index (χ2n) is 4.97. The van der Waals surface area contributed by atoms with Crippen LogP contribution in [0, 0.1) is 0 Å². The third kappa shape index (κ3) is 2.95. The van der Waals surface area contributed by atoms with E-state index in [1.807, 2.05) is 29.2 Å². The molecule has 0 saturated carbocycles. The number of thioether (sulfide) groups is 1. The molecule has 1 aliphatic rings. The molecular weight excluding hydrogens is 284 g/mol. The van der Waals surface area contributed by atoms with E-state index in [1.165, 1.54) is 0 Å². The van der Waals surface area contributed by atoms with Gasteiger partial charge in [0.2, 0.25) is 0 Å². The molecule has 1 fully saturated rings.